The molecule has 1 saturated carbocycles. The van der Waals surface area contributed by atoms with E-state index in [2.05, 4.69) is 10.6 Å². The number of carbonyl (C=O) groups excluding carboxylic acids is 2. The summed E-state index contributed by atoms with van der Waals surface area (Å²) in [6.07, 6.45) is 4.60. The van der Waals surface area contributed by atoms with E-state index in [0.29, 0.717) is 6.42 Å². The van der Waals surface area contributed by atoms with Gasteiger partial charge >= 0.3 is 0 Å². The molecule has 0 spiro atoms. The Morgan fingerprint density at radius 1 is 0.897 bits per heavy atom. The van der Waals surface area contributed by atoms with E-state index in [1.165, 1.54) is 0 Å². The number of nitrogens with zero attached hydrogens (tertiary/aromatic N) is 3. The summed E-state index contributed by atoms with van der Waals surface area (Å²) in [4.78, 5) is 32.1. The van der Waals surface area contributed by atoms with Gasteiger partial charge in [-0.25, -0.2) is 0 Å². The van der Waals surface area contributed by atoms with Gasteiger partial charge in [0.05, 0.1) is 30.1 Å². The van der Waals surface area contributed by atoms with Crippen LogP contribution < -0.4 is 9.64 Å². The van der Waals surface area contributed by atoms with Crippen LogP contribution in [0.4, 0.5) is 5.69 Å². The van der Waals surface area contributed by atoms with Crippen LogP contribution in [0.2, 0.25) is 0 Å². The van der Waals surface area contributed by atoms with Gasteiger partial charge in [-0.05, 0) is 66.8 Å². The first-order chi connectivity index (χ1) is 19.1. The second kappa shape index (κ2) is 10.4. The molecule has 2 heterocycles. The highest BCUT2D eigenvalue weighted by molar-refractivity contribution is 6.01. The van der Waals surface area contributed by atoms with Crippen molar-refractivity contribution < 1.29 is 14.3 Å². The SMILES string of the molecule is CCC(C(=O)N(CC(=O)N1c2ccccc2-n2cccc2C1c1ccc(OC)cc1)C1CC1)c1ccccc1. The molecule has 6 heteroatoms. The summed E-state index contributed by atoms with van der Waals surface area (Å²) >= 11 is 0. The first-order valence-electron chi connectivity index (χ1n) is 13.7. The van der Waals surface area contributed by atoms with Gasteiger partial charge in [-0.15, -0.1) is 0 Å². The summed E-state index contributed by atoms with van der Waals surface area (Å²) in [7, 11) is 1.65. The average molecular weight is 520 g/mol. The first kappa shape index (κ1) is 25.0. The van der Waals surface area contributed by atoms with Crippen molar-refractivity contribution in [2.24, 2.45) is 0 Å². The second-order valence-electron chi connectivity index (χ2n) is 10.3. The minimum absolute atomic E-state index is 0.0363. The molecule has 0 N–H and O–H groups in total. The topological polar surface area (TPSA) is 54.8 Å². The number of hydrogen-bond donors (Lipinski definition) is 0. The summed E-state index contributed by atoms with van der Waals surface area (Å²) in [5.74, 6) is 0.455. The zero-order valence-electron chi connectivity index (χ0n) is 22.4. The molecule has 1 aromatic heterocycles. The van der Waals surface area contributed by atoms with Gasteiger partial charge < -0.3 is 14.2 Å². The molecule has 4 aromatic rings. The van der Waals surface area contributed by atoms with E-state index in [1.807, 2.05) is 108 Å². The van der Waals surface area contributed by atoms with Crippen LogP contribution in [0.1, 0.15) is 55.0 Å². The lowest BCUT2D eigenvalue weighted by molar-refractivity contribution is -0.137. The number of rotatable bonds is 8. The lowest BCUT2D eigenvalue weighted by Gasteiger charge is -2.40. The van der Waals surface area contributed by atoms with Gasteiger partial charge in [-0.2, -0.15) is 0 Å². The Bertz CT molecular complexity index is 1470. The van der Waals surface area contributed by atoms with E-state index in [9.17, 15) is 9.59 Å². The molecule has 39 heavy (non-hydrogen) atoms. The van der Waals surface area contributed by atoms with Crippen LogP contribution in [0.15, 0.2) is 97.2 Å². The first-order valence-corrected chi connectivity index (χ1v) is 13.7. The highest BCUT2D eigenvalue weighted by atomic mass is 16.5. The quantitative estimate of drug-likeness (QED) is 0.282. The molecule has 6 nitrogen and oxygen atoms in total. The highest BCUT2D eigenvalue weighted by Gasteiger charge is 2.41. The molecule has 2 amide bonds. The number of benzene rings is 3. The summed E-state index contributed by atoms with van der Waals surface area (Å²) in [5, 5.41) is 0. The van der Waals surface area contributed by atoms with Gasteiger partial charge in [0.2, 0.25) is 11.8 Å². The van der Waals surface area contributed by atoms with Crippen LogP contribution >= 0.6 is 0 Å². The number of hydrogen-bond acceptors (Lipinski definition) is 3. The lowest BCUT2D eigenvalue weighted by Crippen LogP contribution is -2.48. The second-order valence-corrected chi connectivity index (χ2v) is 10.3. The third-order valence-electron chi connectivity index (χ3n) is 7.90. The number of para-hydroxylation sites is 2. The number of aromatic nitrogens is 1. The van der Waals surface area contributed by atoms with Crippen LogP contribution in [0, 0.1) is 0 Å². The fourth-order valence-electron chi connectivity index (χ4n) is 5.80. The Hall–Kier alpha value is -4.32. The summed E-state index contributed by atoms with van der Waals surface area (Å²) in [6, 6.07) is 29.7. The van der Waals surface area contributed by atoms with E-state index in [1.54, 1.807) is 7.11 Å². The number of fused-ring (bicyclic) bond motifs is 3. The number of methoxy groups -OCH3 is 1. The normalized spacial score (nSPS) is 16.7. The van der Waals surface area contributed by atoms with Crippen molar-refractivity contribution in [3.8, 4) is 11.4 Å². The van der Waals surface area contributed by atoms with E-state index in [4.69, 9.17) is 4.74 Å². The van der Waals surface area contributed by atoms with Crippen molar-refractivity contribution in [1.82, 2.24) is 9.47 Å². The Balaban J connectivity index is 1.38. The number of amides is 2. The maximum atomic E-state index is 14.4. The number of anilines is 1. The van der Waals surface area contributed by atoms with Gasteiger partial charge in [0, 0.05) is 12.2 Å². The maximum absolute atomic E-state index is 14.4. The smallest absolute Gasteiger partial charge is 0.247 e. The van der Waals surface area contributed by atoms with Gasteiger partial charge in [-0.1, -0.05) is 61.5 Å². The number of carbonyl (C=O) groups is 2. The van der Waals surface area contributed by atoms with Crippen LogP contribution in [0.25, 0.3) is 5.69 Å². The molecule has 6 rings (SSSR count). The average Bonchev–Trinajstić information content (AvgIpc) is 3.71. The van der Waals surface area contributed by atoms with Crippen LogP contribution in [0.3, 0.4) is 0 Å². The van der Waals surface area contributed by atoms with Crippen molar-refractivity contribution in [2.45, 2.75) is 44.2 Å². The standard InChI is InChI=1S/C33H33N3O3/c1-3-27(23-10-5-4-6-11-23)33(38)35(25-17-18-25)22-31(37)36-29-13-8-7-12-28(29)34-21-9-14-30(34)32(36)24-15-19-26(39-2)20-16-24/h4-16,19-21,25,27,32H,3,17-18,22H2,1-2H3. The minimum atomic E-state index is -0.333. The molecule has 1 fully saturated rings. The van der Waals surface area contributed by atoms with Gasteiger partial charge in [0.15, 0.2) is 0 Å². The molecule has 0 bridgehead atoms. The molecule has 2 atom stereocenters. The Morgan fingerprint density at radius 2 is 1.59 bits per heavy atom. The summed E-state index contributed by atoms with van der Waals surface area (Å²) in [5.41, 5.74) is 4.78. The van der Waals surface area contributed by atoms with Crippen LogP contribution in [-0.4, -0.2) is 41.0 Å². The minimum Gasteiger partial charge on any atom is -0.497 e. The predicted molar refractivity (Wildman–Crippen MR) is 152 cm³/mol. The zero-order chi connectivity index (χ0) is 26.9. The number of ether oxygens (including phenoxy) is 1. The lowest BCUT2D eigenvalue weighted by atomic mass is 9.94. The third-order valence-corrected chi connectivity index (χ3v) is 7.90. The van der Waals surface area contributed by atoms with Crippen LogP contribution in [0.5, 0.6) is 5.75 Å². The molecule has 198 valence electrons. The van der Waals surface area contributed by atoms with Gasteiger partial charge in [0.25, 0.3) is 0 Å². The fourth-order valence-corrected chi connectivity index (χ4v) is 5.80. The molecule has 2 aliphatic rings. The van der Waals surface area contributed by atoms with Crippen LogP contribution in [-0.2, 0) is 9.59 Å². The molecule has 1 aliphatic heterocycles. The van der Waals surface area contributed by atoms with Crippen molar-refractivity contribution >= 4 is 17.5 Å². The Labute approximate surface area is 229 Å². The monoisotopic (exact) mass is 519 g/mol. The zero-order valence-corrected chi connectivity index (χ0v) is 22.4. The Morgan fingerprint density at radius 3 is 2.26 bits per heavy atom. The van der Waals surface area contributed by atoms with Crippen molar-refractivity contribution in [3.63, 3.8) is 0 Å². The Kier molecular flexibility index (Phi) is 6.69. The van der Waals surface area contributed by atoms with Gasteiger partial charge in [-0.3, -0.25) is 14.5 Å². The molecular weight excluding hydrogens is 486 g/mol. The largest absolute Gasteiger partial charge is 0.497 e. The van der Waals surface area contributed by atoms with E-state index < -0.39 is 0 Å². The van der Waals surface area contributed by atoms with Crippen molar-refractivity contribution in [2.75, 3.05) is 18.6 Å². The summed E-state index contributed by atoms with van der Waals surface area (Å²) < 4.78 is 7.55. The predicted octanol–water partition coefficient (Wildman–Crippen LogP) is 6.11. The molecule has 3 aromatic carbocycles. The van der Waals surface area contributed by atoms with E-state index in [-0.39, 0.29) is 36.4 Å². The molecule has 2 unspecified atom stereocenters. The molecule has 0 saturated heterocycles. The fraction of sp³-hybridized carbons (Fsp3) is 0.273. The summed E-state index contributed by atoms with van der Waals surface area (Å²) in [6.45, 7) is 2.09. The van der Waals surface area contributed by atoms with E-state index >= 15 is 0 Å². The van der Waals surface area contributed by atoms with Gasteiger partial charge in [0.1, 0.15) is 18.3 Å². The molecular formula is C33H33N3O3. The third kappa shape index (κ3) is 4.60. The highest BCUT2D eigenvalue weighted by Crippen LogP contribution is 2.43. The molecule has 1 aliphatic carbocycles. The van der Waals surface area contributed by atoms with Crippen molar-refractivity contribution in [1.29, 1.82) is 0 Å². The maximum Gasteiger partial charge on any atom is 0.247 e. The van der Waals surface area contributed by atoms with E-state index in [0.717, 1.165) is 46.8 Å². The van der Waals surface area contributed by atoms with Crippen molar-refractivity contribution in [3.05, 3.63) is 114 Å². The molecule has 0 radical (unpaired) electrons.